The Morgan fingerprint density at radius 1 is 1.57 bits per heavy atom. The fraction of sp³-hybridized carbons (Fsp3) is 1.00. The Morgan fingerprint density at radius 2 is 2.14 bits per heavy atom. The topological polar surface area (TPSA) is 53.3 Å². The van der Waals surface area contributed by atoms with Gasteiger partial charge in [0.15, 0.2) is 0 Å². The highest BCUT2D eigenvalue weighted by Crippen LogP contribution is 1.54. The largest absolute Gasteiger partial charge is 0.270 e. The lowest BCUT2D eigenvalue weighted by molar-refractivity contribution is 0.278. The number of hydrogen-bond acceptors (Lipinski definition) is 4. The molecule has 0 aromatic carbocycles. The van der Waals surface area contributed by atoms with E-state index in [4.69, 9.17) is 5.84 Å². The van der Waals surface area contributed by atoms with Crippen LogP contribution in [0.2, 0.25) is 0 Å². The summed E-state index contributed by atoms with van der Waals surface area (Å²) in [6.45, 7) is 0.604. The number of hydrazine groups is 2. The van der Waals surface area contributed by atoms with Crippen molar-refractivity contribution >= 4 is 0 Å². The Kier molecular flexibility index (Phi) is 3.92. The summed E-state index contributed by atoms with van der Waals surface area (Å²) in [5.41, 5.74) is 5.34. The lowest BCUT2D eigenvalue weighted by Gasteiger charge is -2.09. The van der Waals surface area contributed by atoms with E-state index in [0.29, 0.717) is 6.67 Å². The second-order valence-electron chi connectivity index (χ2n) is 1.43. The van der Waals surface area contributed by atoms with Crippen LogP contribution in [0.4, 0.5) is 0 Å². The number of hydrogen-bond donors (Lipinski definition) is 3. The van der Waals surface area contributed by atoms with Gasteiger partial charge < -0.3 is 0 Å². The summed E-state index contributed by atoms with van der Waals surface area (Å²) in [5, 5.41) is 1.82. The third-order valence-corrected chi connectivity index (χ3v) is 0.497. The molecule has 0 saturated heterocycles. The SMILES string of the molecule is CN(C)NCNN. The molecule has 0 aliphatic rings. The zero-order valence-electron chi connectivity index (χ0n) is 4.73. The summed E-state index contributed by atoms with van der Waals surface area (Å²) in [6.07, 6.45) is 0. The van der Waals surface area contributed by atoms with E-state index >= 15 is 0 Å². The van der Waals surface area contributed by atoms with Crippen molar-refractivity contribution < 1.29 is 0 Å². The van der Waals surface area contributed by atoms with Gasteiger partial charge in [-0.3, -0.25) is 5.84 Å². The van der Waals surface area contributed by atoms with Crippen molar-refractivity contribution in [3.63, 3.8) is 0 Å². The van der Waals surface area contributed by atoms with Crippen LogP contribution in [-0.4, -0.2) is 25.8 Å². The fourth-order valence-electron chi connectivity index (χ4n) is 0.204. The molecule has 4 N–H and O–H groups in total. The summed E-state index contributed by atoms with van der Waals surface area (Å²) < 4.78 is 0. The first kappa shape index (κ1) is 6.84. The molecule has 44 valence electrons. The number of rotatable bonds is 3. The van der Waals surface area contributed by atoms with Gasteiger partial charge in [0.2, 0.25) is 0 Å². The molecule has 0 aromatic rings. The van der Waals surface area contributed by atoms with Crippen molar-refractivity contribution in [1.82, 2.24) is 15.9 Å². The van der Waals surface area contributed by atoms with Crippen molar-refractivity contribution in [2.75, 3.05) is 20.8 Å². The molecule has 7 heavy (non-hydrogen) atoms. The zero-order valence-corrected chi connectivity index (χ0v) is 4.73. The summed E-state index contributed by atoms with van der Waals surface area (Å²) in [5.74, 6) is 4.94. The van der Waals surface area contributed by atoms with Gasteiger partial charge in [0.1, 0.15) is 0 Å². The Balaban J connectivity index is 2.68. The quantitative estimate of drug-likeness (QED) is 0.231. The minimum Gasteiger partial charge on any atom is -0.270 e. The minimum absolute atomic E-state index is 0.604. The zero-order chi connectivity index (χ0) is 5.70. The first-order valence-electron chi connectivity index (χ1n) is 2.11. The molecular weight excluding hydrogens is 92.1 g/mol. The van der Waals surface area contributed by atoms with Crippen LogP contribution in [0.5, 0.6) is 0 Å². The average molecular weight is 104 g/mol. The van der Waals surface area contributed by atoms with Gasteiger partial charge in [-0.15, -0.1) is 0 Å². The van der Waals surface area contributed by atoms with E-state index in [0.717, 1.165) is 0 Å². The van der Waals surface area contributed by atoms with Gasteiger partial charge in [0.25, 0.3) is 0 Å². The van der Waals surface area contributed by atoms with Crippen molar-refractivity contribution in [3.8, 4) is 0 Å². The molecule has 0 rings (SSSR count). The van der Waals surface area contributed by atoms with Gasteiger partial charge in [-0.1, -0.05) is 0 Å². The van der Waals surface area contributed by atoms with Crippen LogP contribution in [0.1, 0.15) is 0 Å². The van der Waals surface area contributed by atoms with E-state index in [9.17, 15) is 0 Å². The van der Waals surface area contributed by atoms with E-state index < -0.39 is 0 Å². The van der Waals surface area contributed by atoms with Crippen molar-refractivity contribution in [1.29, 1.82) is 0 Å². The Labute approximate surface area is 43.6 Å². The van der Waals surface area contributed by atoms with Crippen LogP contribution >= 0.6 is 0 Å². The van der Waals surface area contributed by atoms with Gasteiger partial charge in [-0.25, -0.2) is 15.9 Å². The van der Waals surface area contributed by atoms with E-state index in [-0.39, 0.29) is 0 Å². The predicted molar refractivity (Wildman–Crippen MR) is 29.0 cm³/mol. The molecule has 0 spiro atoms. The molecular formula is C3H12N4. The molecule has 0 unspecified atom stereocenters. The van der Waals surface area contributed by atoms with E-state index in [2.05, 4.69) is 10.9 Å². The molecule has 0 saturated carbocycles. The standard InChI is InChI=1S/C3H12N4/c1-7(2)6-3-5-4/h5-6H,3-4H2,1-2H3. The van der Waals surface area contributed by atoms with Crippen molar-refractivity contribution in [2.24, 2.45) is 5.84 Å². The van der Waals surface area contributed by atoms with Crippen LogP contribution in [0, 0.1) is 0 Å². The predicted octanol–water partition coefficient (Wildman–Crippen LogP) is -1.53. The third kappa shape index (κ3) is 5.84. The summed E-state index contributed by atoms with van der Waals surface area (Å²) in [4.78, 5) is 0. The molecule has 0 fully saturated rings. The molecule has 0 atom stereocenters. The summed E-state index contributed by atoms with van der Waals surface area (Å²) in [6, 6.07) is 0. The van der Waals surface area contributed by atoms with Gasteiger partial charge in [-0.05, 0) is 0 Å². The molecule has 0 aromatic heterocycles. The van der Waals surface area contributed by atoms with Gasteiger partial charge in [0, 0.05) is 14.1 Å². The Hall–Kier alpha value is -0.160. The molecule has 0 heterocycles. The monoisotopic (exact) mass is 104 g/mol. The first-order valence-corrected chi connectivity index (χ1v) is 2.11. The molecule has 4 heteroatoms. The lowest BCUT2D eigenvalue weighted by Crippen LogP contribution is -2.41. The normalized spacial score (nSPS) is 10.3. The molecule has 0 radical (unpaired) electrons. The Morgan fingerprint density at radius 3 is 2.29 bits per heavy atom. The van der Waals surface area contributed by atoms with Crippen LogP contribution in [0.3, 0.4) is 0 Å². The van der Waals surface area contributed by atoms with Crippen molar-refractivity contribution in [3.05, 3.63) is 0 Å². The maximum Gasteiger partial charge on any atom is 0.0720 e. The van der Waals surface area contributed by atoms with Crippen LogP contribution < -0.4 is 16.7 Å². The summed E-state index contributed by atoms with van der Waals surface area (Å²) >= 11 is 0. The van der Waals surface area contributed by atoms with Crippen LogP contribution in [0.25, 0.3) is 0 Å². The number of nitrogens with one attached hydrogen (secondary N) is 2. The van der Waals surface area contributed by atoms with E-state index in [1.54, 1.807) is 0 Å². The van der Waals surface area contributed by atoms with E-state index in [1.165, 1.54) is 0 Å². The first-order chi connectivity index (χ1) is 3.27. The molecule has 0 amide bonds. The molecule has 0 aliphatic carbocycles. The minimum atomic E-state index is 0.604. The van der Waals surface area contributed by atoms with Crippen LogP contribution in [0.15, 0.2) is 0 Å². The van der Waals surface area contributed by atoms with Crippen molar-refractivity contribution in [2.45, 2.75) is 0 Å². The molecule has 4 nitrogen and oxygen atoms in total. The number of nitrogens with two attached hydrogens (primary N) is 1. The second-order valence-corrected chi connectivity index (χ2v) is 1.43. The Bertz CT molecular complexity index is 35.9. The molecule has 0 aliphatic heterocycles. The maximum atomic E-state index is 4.94. The maximum absolute atomic E-state index is 4.94. The van der Waals surface area contributed by atoms with Gasteiger partial charge >= 0.3 is 0 Å². The van der Waals surface area contributed by atoms with Crippen LogP contribution in [-0.2, 0) is 0 Å². The summed E-state index contributed by atoms with van der Waals surface area (Å²) in [7, 11) is 3.80. The highest BCUT2D eigenvalue weighted by molar-refractivity contribution is 4.26. The number of nitrogens with zero attached hydrogens (tertiary/aromatic N) is 1. The third-order valence-electron chi connectivity index (χ3n) is 0.497. The van der Waals surface area contributed by atoms with Gasteiger partial charge in [0.05, 0.1) is 6.67 Å². The second kappa shape index (κ2) is 4.01. The highest BCUT2D eigenvalue weighted by Gasteiger charge is 1.79. The van der Waals surface area contributed by atoms with E-state index in [1.807, 2.05) is 19.1 Å². The molecule has 0 bridgehead atoms. The van der Waals surface area contributed by atoms with Gasteiger partial charge in [-0.2, -0.15) is 0 Å². The smallest absolute Gasteiger partial charge is 0.0720 e. The fourth-order valence-corrected chi connectivity index (χ4v) is 0.204. The average Bonchev–Trinajstić information content (AvgIpc) is 1.61. The highest BCUT2D eigenvalue weighted by atomic mass is 15.5. The lowest BCUT2D eigenvalue weighted by atomic mass is 11.1.